The SMILES string of the molecule is CCCC(C)(N)C(=O)N1CCN(c2cnccn2)CC1.Cl. The van der Waals surface area contributed by atoms with Crippen LogP contribution in [0, 0.1) is 0 Å². The van der Waals surface area contributed by atoms with Crippen molar-refractivity contribution in [1.82, 2.24) is 14.9 Å². The quantitative estimate of drug-likeness (QED) is 0.899. The summed E-state index contributed by atoms with van der Waals surface area (Å²) in [5.74, 6) is 0.918. The zero-order valence-electron chi connectivity index (χ0n) is 12.7. The van der Waals surface area contributed by atoms with Gasteiger partial charge in [0.2, 0.25) is 5.91 Å². The summed E-state index contributed by atoms with van der Waals surface area (Å²) < 4.78 is 0. The maximum absolute atomic E-state index is 12.4. The minimum Gasteiger partial charge on any atom is -0.352 e. The fraction of sp³-hybridized carbons (Fsp3) is 0.643. The molecule has 1 fully saturated rings. The Balaban J connectivity index is 0.00000220. The van der Waals surface area contributed by atoms with Gasteiger partial charge in [-0.2, -0.15) is 0 Å². The second-order valence-corrected chi connectivity index (χ2v) is 5.51. The van der Waals surface area contributed by atoms with Crippen molar-refractivity contribution in [2.24, 2.45) is 5.73 Å². The fourth-order valence-corrected chi connectivity index (χ4v) is 2.58. The Morgan fingerprint density at radius 3 is 2.52 bits per heavy atom. The minimum absolute atomic E-state index is 0. The van der Waals surface area contributed by atoms with E-state index >= 15 is 0 Å². The van der Waals surface area contributed by atoms with E-state index in [4.69, 9.17) is 5.73 Å². The number of amides is 1. The Kier molecular flexibility index (Phi) is 6.36. The number of nitrogens with zero attached hydrogens (tertiary/aromatic N) is 4. The smallest absolute Gasteiger partial charge is 0.242 e. The highest BCUT2D eigenvalue weighted by Crippen LogP contribution is 2.16. The van der Waals surface area contributed by atoms with Crippen molar-refractivity contribution >= 4 is 24.1 Å². The highest BCUT2D eigenvalue weighted by molar-refractivity contribution is 5.86. The molecule has 0 radical (unpaired) electrons. The van der Waals surface area contributed by atoms with Crippen LogP contribution in [0.15, 0.2) is 18.6 Å². The molecule has 2 rings (SSSR count). The molecule has 7 heteroatoms. The van der Waals surface area contributed by atoms with E-state index in [9.17, 15) is 4.79 Å². The van der Waals surface area contributed by atoms with Gasteiger partial charge in [-0.25, -0.2) is 4.98 Å². The van der Waals surface area contributed by atoms with E-state index in [2.05, 4.69) is 14.9 Å². The largest absolute Gasteiger partial charge is 0.352 e. The van der Waals surface area contributed by atoms with E-state index in [1.165, 1.54) is 0 Å². The lowest BCUT2D eigenvalue weighted by Crippen LogP contribution is -2.58. The third kappa shape index (κ3) is 4.28. The molecule has 21 heavy (non-hydrogen) atoms. The van der Waals surface area contributed by atoms with Crippen LogP contribution < -0.4 is 10.6 Å². The maximum Gasteiger partial charge on any atom is 0.242 e. The van der Waals surface area contributed by atoms with Crippen LogP contribution in [0.5, 0.6) is 0 Å². The van der Waals surface area contributed by atoms with Crippen molar-refractivity contribution in [3.05, 3.63) is 18.6 Å². The van der Waals surface area contributed by atoms with Crippen molar-refractivity contribution in [3.63, 3.8) is 0 Å². The van der Waals surface area contributed by atoms with E-state index in [0.29, 0.717) is 13.1 Å². The van der Waals surface area contributed by atoms with Crippen molar-refractivity contribution in [3.8, 4) is 0 Å². The summed E-state index contributed by atoms with van der Waals surface area (Å²) in [4.78, 5) is 24.8. The van der Waals surface area contributed by atoms with Crippen LogP contribution in [0.2, 0.25) is 0 Å². The van der Waals surface area contributed by atoms with Crippen molar-refractivity contribution in [2.75, 3.05) is 31.1 Å². The Morgan fingerprint density at radius 1 is 1.33 bits per heavy atom. The molecule has 0 spiro atoms. The molecule has 1 aliphatic rings. The molecular formula is C14H24ClN5O. The lowest BCUT2D eigenvalue weighted by Gasteiger charge is -2.38. The Bertz CT molecular complexity index is 446. The summed E-state index contributed by atoms with van der Waals surface area (Å²) in [6.07, 6.45) is 6.73. The molecule has 0 bridgehead atoms. The Hall–Kier alpha value is -1.40. The number of piperazine rings is 1. The molecule has 2 N–H and O–H groups in total. The minimum atomic E-state index is -0.747. The first-order chi connectivity index (χ1) is 9.54. The topological polar surface area (TPSA) is 75.4 Å². The molecule has 1 atom stereocenters. The van der Waals surface area contributed by atoms with Crippen LogP contribution >= 0.6 is 12.4 Å². The molecule has 118 valence electrons. The number of rotatable bonds is 4. The van der Waals surface area contributed by atoms with Gasteiger partial charge in [0.05, 0.1) is 11.7 Å². The number of anilines is 1. The zero-order chi connectivity index (χ0) is 14.6. The van der Waals surface area contributed by atoms with Gasteiger partial charge in [-0.1, -0.05) is 13.3 Å². The number of hydrogen-bond donors (Lipinski definition) is 1. The second-order valence-electron chi connectivity index (χ2n) is 5.51. The molecule has 0 aromatic carbocycles. The third-order valence-corrected chi connectivity index (χ3v) is 3.70. The lowest BCUT2D eigenvalue weighted by molar-refractivity contribution is -0.137. The van der Waals surface area contributed by atoms with Gasteiger partial charge in [-0.05, 0) is 13.3 Å². The van der Waals surface area contributed by atoms with Crippen LogP contribution in [-0.2, 0) is 4.79 Å². The summed E-state index contributed by atoms with van der Waals surface area (Å²) in [5.41, 5.74) is 5.37. The molecule has 6 nitrogen and oxygen atoms in total. The standard InChI is InChI=1S/C14H23N5O.ClH/c1-3-4-14(2,15)13(20)19-9-7-18(8-10-19)12-11-16-5-6-17-12;/h5-6,11H,3-4,7-10,15H2,1-2H3;1H. The van der Waals surface area contributed by atoms with Gasteiger partial charge in [0.1, 0.15) is 5.82 Å². The van der Waals surface area contributed by atoms with Gasteiger partial charge in [-0.15, -0.1) is 12.4 Å². The van der Waals surface area contributed by atoms with Crippen molar-refractivity contribution in [1.29, 1.82) is 0 Å². The number of carbonyl (C=O) groups excluding carboxylic acids is 1. The van der Waals surface area contributed by atoms with E-state index in [1.54, 1.807) is 18.6 Å². The van der Waals surface area contributed by atoms with Gasteiger partial charge < -0.3 is 15.5 Å². The molecule has 1 unspecified atom stereocenters. The van der Waals surface area contributed by atoms with Gasteiger partial charge >= 0.3 is 0 Å². The first-order valence-corrected chi connectivity index (χ1v) is 7.14. The normalized spacial score (nSPS) is 17.9. The van der Waals surface area contributed by atoms with Crippen molar-refractivity contribution in [2.45, 2.75) is 32.2 Å². The van der Waals surface area contributed by atoms with Gasteiger partial charge in [-0.3, -0.25) is 9.78 Å². The molecule has 0 aliphatic carbocycles. The summed E-state index contributed by atoms with van der Waals surface area (Å²) >= 11 is 0. The molecule has 1 saturated heterocycles. The number of aromatic nitrogens is 2. The van der Waals surface area contributed by atoms with E-state index in [0.717, 1.165) is 31.7 Å². The Labute approximate surface area is 132 Å². The van der Waals surface area contributed by atoms with E-state index in [-0.39, 0.29) is 18.3 Å². The summed E-state index contributed by atoms with van der Waals surface area (Å²) in [6, 6.07) is 0. The molecule has 1 amide bonds. The number of halogens is 1. The van der Waals surface area contributed by atoms with E-state index < -0.39 is 5.54 Å². The van der Waals surface area contributed by atoms with Gasteiger partial charge in [0, 0.05) is 38.6 Å². The number of nitrogens with two attached hydrogens (primary N) is 1. The predicted molar refractivity (Wildman–Crippen MR) is 85.6 cm³/mol. The molecular weight excluding hydrogens is 290 g/mol. The Morgan fingerprint density at radius 2 is 2.00 bits per heavy atom. The summed E-state index contributed by atoms with van der Waals surface area (Å²) in [5, 5.41) is 0. The first-order valence-electron chi connectivity index (χ1n) is 7.14. The van der Waals surface area contributed by atoms with Crippen LogP contribution in [0.3, 0.4) is 0 Å². The maximum atomic E-state index is 12.4. The summed E-state index contributed by atoms with van der Waals surface area (Å²) in [6.45, 7) is 6.79. The summed E-state index contributed by atoms with van der Waals surface area (Å²) in [7, 11) is 0. The molecule has 0 saturated carbocycles. The zero-order valence-corrected chi connectivity index (χ0v) is 13.5. The van der Waals surface area contributed by atoms with Gasteiger partial charge in [0.25, 0.3) is 0 Å². The molecule has 1 aromatic rings. The predicted octanol–water partition coefficient (Wildman–Crippen LogP) is 1.06. The van der Waals surface area contributed by atoms with Crippen LogP contribution in [0.25, 0.3) is 0 Å². The lowest BCUT2D eigenvalue weighted by atomic mass is 9.95. The first kappa shape index (κ1) is 17.7. The highest BCUT2D eigenvalue weighted by atomic mass is 35.5. The molecule has 2 heterocycles. The van der Waals surface area contributed by atoms with Crippen LogP contribution in [0.1, 0.15) is 26.7 Å². The molecule has 1 aromatic heterocycles. The van der Waals surface area contributed by atoms with Crippen LogP contribution in [0.4, 0.5) is 5.82 Å². The number of hydrogen-bond acceptors (Lipinski definition) is 5. The average molecular weight is 314 g/mol. The average Bonchev–Trinajstić information content (AvgIpc) is 2.47. The highest BCUT2D eigenvalue weighted by Gasteiger charge is 2.33. The third-order valence-electron chi connectivity index (χ3n) is 3.70. The van der Waals surface area contributed by atoms with E-state index in [1.807, 2.05) is 18.7 Å². The number of carbonyl (C=O) groups is 1. The second kappa shape index (κ2) is 7.56. The van der Waals surface area contributed by atoms with Gasteiger partial charge in [0.15, 0.2) is 0 Å². The van der Waals surface area contributed by atoms with Crippen molar-refractivity contribution < 1.29 is 4.79 Å². The fourth-order valence-electron chi connectivity index (χ4n) is 2.58. The molecule has 1 aliphatic heterocycles. The van der Waals surface area contributed by atoms with Crippen LogP contribution in [-0.4, -0.2) is 52.5 Å². The monoisotopic (exact) mass is 313 g/mol.